The molecule has 2 aromatic carbocycles. The number of likely N-dealkylation sites (N-methyl/N-ethyl adjacent to an activating group) is 1. The standard InChI is InChI=1S/C25H31N3O5S/c1-16-6-8-21-23(28(16)17(2)29)11-9-20(25(21)33-15-24(30)26(3)4)18-7-10-22-19(14-18)12-13-27(22)34(5,31)32/h7,9-11,14,16H,6,8,12-13,15H2,1-5H3. The number of carbonyl (C=O) groups is 2. The van der Waals surface area contributed by atoms with Crippen LogP contribution in [0.2, 0.25) is 0 Å². The first kappa shape index (κ1) is 24.1. The molecule has 34 heavy (non-hydrogen) atoms. The first-order valence-corrected chi connectivity index (χ1v) is 13.2. The highest BCUT2D eigenvalue weighted by Gasteiger charge is 2.31. The minimum absolute atomic E-state index is 0.0325. The van der Waals surface area contributed by atoms with E-state index in [-0.39, 0.29) is 24.5 Å². The van der Waals surface area contributed by atoms with E-state index in [2.05, 4.69) is 0 Å². The molecule has 1 atom stereocenters. The lowest BCUT2D eigenvalue weighted by Gasteiger charge is -2.36. The lowest BCUT2D eigenvalue weighted by Crippen LogP contribution is -2.41. The van der Waals surface area contributed by atoms with Gasteiger partial charge >= 0.3 is 0 Å². The van der Waals surface area contributed by atoms with Crippen LogP contribution in [0.4, 0.5) is 11.4 Å². The highest BCUT2D eigenvalue weighted by molar-refractivity contribution is 7.92. The minimum Gasteiger partial charge on any atom is -0.483 e. The largest absolute Gasteiger partial charge is 0.483 e. The number of hydrogen-bond donors (Lipinski definition) is 0. The van der Waals surface area contributed by atoms with E-state index in [4.69, 9.17) is 4.74 Å². The zero-order valence-corrected chi connectivity index (χ0v) is 21.1. The SMILES string of the molecule is CC(=O)N1c2ccc(-c3ccc4c(c3)CCN4S(C)(=O)=O)c(OCC(=O)N(C)C)c2CCC1C. The zero-order chi connectivity index (χ0) is 24.8. The summed E-state index contributed by atoms with van der Waals surface area (Å²) in [5, 5.41) is 0. The Morgan fingerprint density at radius 2 is 1.82 bits per heavy atom. The lowest BCUT2D eigenvalue weighted by molar-refractivity contribution is -0.130. The number of ether oxygens (including phenoxy) is 1. The molecule has 9 heteroatoms. The molecular weight excluding hydrogens is 454 g/mol. The van der Waals surface area contributed by atoms with Crippen molar-refractivity contribution in [3.63, 3.8) is 0 Å². The van der Waals surface area contributed by atoms with Gasteiger partial charge in [0, 0.05) is 44.7 Å². The van der Waals surface area contributed by atoms with Crippen molar-refractivity contribution in [3.8, 4) is 16.9 Å². The topological polar surface area (TPSA) is 87.2 Å². The fraction of sp³-hybridized carbons (Fsp3) is 0.440. The van der Waals surface area contributed by atoms with Crippen molar-refractivity contribution < 1.29 is 22.7 Å². The van der Waals surface area contributed by atoms with Crippen LogP contribution in [0, 0.1) is 0 Å². The molecule has 2 aliphatic heterocycles. The van der Waals surface area contributed by atoms with Crippen molar-refractivity contribution >= 4 is 33.2 Å². The predicted molar refractivity (Wildman–Crippen MR) is 133 cm³/mol. The number of benzene rings is 2. The van der Waals surface area contributed by atoms with Crippen LogP contribution in [-0.2, 0) is 32.5 Å². The fourth-order valence-corrected chi connectivity index (χ4v) is 5.78. The Kier molecular flexibility index (Phi) is 6.33. The van der Waals surface area contributed by atoms with Crippen molar-refractivity contribution in [3.05, 3.63) is 41.5 Å². The average Bonchev–Trinajstić information content (AvgIpc) is 3.20. The minimum atomic E-state index is -3.33. The molecule has 0 bridgehead atoms. The molecule has 2 heterocycles. The van der Waals surface area contributed by atoms with Gasteiger partial charge in [-0.25, -0.2) is 8.42 Å². The summed E-state index contributed by atoms with van der Waals surface area (Å²) in [5.41, 5.74) is 5.09. The van der Waals surface area contributed by atoms with Crippen molar-refractivity contribution in [2.45, 2.75) is 39.2 Å². The third-order valence-electron chi connectivity index (χ3n) is 6.57. The first-order valence-electron chi connectivity index (χ1n) is 11.4. The predicted octanol–water partition coefficient (Wildman–Crippen LogP) is 2.83. The number of amides is 2. The summed E-state index contributed by atoms with van der Waals surface area (Å²) in [6.07, 6.45) is 3.37. The number of fused-ring (bicyclic) bond motifs is 2. The number of rotatable bonds is 5. The summed E-state index contributed by atoms with van der Waals surface area (Å²) in [4.78, 5) is 28.0. The number of nitrogens with zero attached hydrogens (tertiary/aromatic N) is 3. The van der Waals surface area contributed by atoms with E-state index in [1.165, 1.54) is 15.5 Å². The van der Waals surface area contributed by atoms with Crippen LogP contribution in [0.5, 0.6) is 5.75 Å². The molecule has 0 spiro atoms. The van der Waals surface area contributed by atoms with Crippen molar-refractivity contribution in [2.24, 2.45) is 0 Å². The zero-order valence-electron chi connectivity index (χ0n) is 20.3. The average molecular weight is 486 g/mol. The second kappa shape index (κ2) is 8.94. The molecule has 2 amide bonds. The maximum absolute atomic E-state index is 12.4. The Labute approximate surface area is 201 Å². The third kappa shape index (κ3) is 4.36. The molecular formula is C25H31N3O5S. The summed E-state index contributed by atoms with van der Waals surface area (Å²) in [7, 11) is 0.0311. The van der Waals surface area contributed by atoms with Crippen molar-refractivity contribution in [1.29, 1.82) is 0 Å². The molecule has 0 saturated carbocycles. The molecule has 8 nitrogen and oxygen atoms in total. The van der Waals surface area contributed by atoms with Gasteiger partial charge in [0.2, 0.25) is 15.9 Å². The molecule has 0 radical (unpaired) electrons. The Balaban J connectivity index is 1.82. The highest BCUT2D eigenvalue weighted by Crippen LogP contribution is 2.44. The van der Waals surface area contributed by atoms with E-state index in [1.807, 2.05) is 37.3 Å². The third-order valence-corrected chi connectivity index (χ3v) is 7.75. The Bertz CT molecular complexity index is 1260. The van der Waals surface area contributed by atoms with E-state index >= 15 is 0 Å². The quantitative estimate of drug-likeness (QED) is 0.650. The van der Waals surface area contributed by atoms with E-state index in [0.717, 1.165) is 40.8 Å². The Morgan fingerprint density at radius 1 is 1.12 bits per heavy atom. The second-order valence-electron chi connectivity index (χ2n) is 9.22. The van der Waals surface area contributed by atoms with Crippen LogP contribution in [0.1, 0.15) is 31.4 Å². The van der Waals surface area contributed by atoms with Gasteiger partial charge in [0.05, 0.1) is 17.6 Å². The number of carbonyl (C=O) groups excluding carboxylic acids is 2. The van der Waals surface area contributed by atoms with Gasteiger partial charge in [-0.1, -0.05) is 6.07 Å². The first-order chi connectivity index (χ1) is 16.0. The van der Waals surface area contributed by atoms with Crippen LogP contribution in [0.15, 0.2) is 30.3 Å². The molecule has 182 valence electrons. The molecule has 1 unspecified atom stereocenters. The fourth-order valence-electron chi connectivity index (χ4n) is 4.82. The van der Waals surface area contributed by atoms with Gasteiger partial charge < -0.3 is 14.5 Å². The van der Waals surface area contributed by atoms with Crippen LogP contribution in [-0.4, -0.2) is 64.7 Å². The Morgan fingerprint density at radius 3 is 2.47 bits per heavy atom. The second-order valence-corrected chi connectivity index (χ2v) is 11.1. The van der Waals surface area contributed by atoms with E-state index in [1.54, 1.807) is 25.9 Å². The normalized spacial score (nSPS) is 17.3. The van der Waals surface area contributed by atoms with Gasteiger partial charge in [0.25, 0.3) is 5.91 Å². The van der Waals surface area contributed by atoms with Gasteiger partial charge in [-0.3, -0.25) is 13.9 Å². The molecule has 0 aromatic heterocycles. The molecule has 0 N–H and O–H groups in total. The van der Waals surface area contributed by atoms with Crippen molar-refractivity contribution in [1.82, 2.24) is 4.90 Å². The van der Waals surface area contributed by atoms with Gasteiger partial charge in [-0.05, 0) is 61.6 Å². The monoisotopic (exact) mass is 485 g/mol. The smallest absolute Gasteiger partial charge is 0.259 e. The van der Waals surface area contributed by atoms with E-state index < -0.39 is 10.0 Å². The van der Waals surface area contributed by atoms with Crippen LogP contribution in [0.3, 0.4) is 0 Å². The molecule has 0 fully saturated rings. The van der Waals surface area contributed by atoms with Crippen LogP contribution >= 0.6 is 0 Å². The number of hydrogen-bond acceptors (Lipinski definition) is 5. The van der Waals surface area contributed by atoms with Gasteiger partial charge in [-0.15, -0.1) is 0 Å². The summed E-state index contributed by atoms with van der Waals surface area (Å²) < 4.78 is 31.8. The number of anilines is 2. The number of sulfonamides is 1. The molecule has 2 aliphatic rings. The summed E-state index contributed by atoms with van der Waals surface area (Å²) >= 11 is 0. The van der Waals surface area contributed by atoms with Crippen LogP contribution in [0.25, 0.3) is 11.1 Å². The van der Waals surface area contributed by atoms with Gasteiger partial charge in [0.15, 0.2) is 6.61 Å². The lowest BCUT2D eigenvalue weighted by atomic mass is 9.91. The summed E-state index contributed by atoms with van der Waals surface area (Å²) in [6, 6.07) is 9.66. The molecule has 2 aromatic rings. The maximum atomic E-state index is 12.4. The van der Waals surface area contributed by atoms with Gasteiger partial charge in [-0.2, -0.15) is 0 Å². The van der Waals surface area contributed by atoms with Gasteiger partial charge in [0.1, 0.15) is 5.75 Å². The molecule has 0 aliphatic carbocycles. The van der Waals surface area contributed by atoms with Crippen LogP contribution < -0.4 is 13.9 Å². The van der Waals surface area contributed by atoms with E-state index in [9.17, 15) is 18.0 Å². The van der Waals surface area contributed by atoms with E-state index in [0.29, 0.717) is 24.4 Å². The molecule has 0 saturated heterocycles. The molecule has 4 rings (SSSR count). The summed E-state index contributed by atoms with van der Waals surface area (Å²) in [5.74, 6) is 0.410. The summed E-state index contributed by atoms with van der Waals surface area (Å²) in [6.45, 7) is 3.90. The van der Waals surface area contributed by atoms with Crippen molar-refractivity contribution in [2.75, 3.05) is 42.7 Å². The maximum Gasteiger partial charge on any atom is 0.259 e. The Hall–Kier alpha value is -3.07. The highest BCUT2D eigenvalue weighted by atomic mass is 32.2.